The Morgan fingerprint density at radius 1 is 1.26 bits per heavy atom. The van der Waals surface area contributed by atoms with E-state index >= 15 is 0 Å². The molecule has 1 N–H and O–H groups in total. The highest BCUT2D eigenvalue weighted by atomic mass is 31.2. The Bertz CT molecular complexity index is 788. The van der Waals surface area contributed by atoms with Gasteiger partial charge in [-0.1, -0.05) is 18.2 Å². The number of rotatable bonds is 6. The molecule has 0 spiro atoms. The maximum Gasteiger partial charge on any atom is 0.344 e. The monoisotopic (exact) mass is 339 g/mol. The molecule has 2 rings (SSSR count). The Kier molecular flexibility index (Phi) is 5.04. The van der Waals surface area contributed by atoms with Gasteiger partial charge < -0.3 is 14.2 Å². The summed E-state index contributed by atoms with van der Waals surface area (Å²) < 4.78 is 23.6. The van der Waals surface area contributed by atoms with Crippen molar-refractivity contribution in [3.63, 3.8) is 0 Å². The van der Waals surface area contributed by atoms with Crippen LogP contribution in [0.25, 0.3) is 10.9 Å². The molecule has 1 aromatic heterocycles. The minimum absolute atomic E-state index is 0.0743. The number of nitrogens with zero attached hydrogens (tertiary/aromatic N) is 1. The Hall–Kier alpha value is -1.95. The molecule has 124 valence electrons. The zero-order valence-corrected chi connectivity index (χ0v) is 13.9. The number of carbonyl (C=O) groups excluding carboxylic acids is 1. The van der Waals surface area contributed by atoms with Gasteiger partial charge >= 0.3 is 13.6 Å². The van der Waals surface area contributed by atoms with E-state index < -0.39 is 19.2 Å². The topological polar surface area (TPSA) is 94.8 Å². The van der Waals surface area contributed by atoms with E-state index in [0.29, 0.717) is 11.1 Å². The van der Waals surface area contributed by atoms with Gasteiger partial charge in [-0.15, -0.1) is 0 Å². The van der Waals surface area contributed by atoms with E-state index in [9.17, 15) is 19.3 Å². The summed E-state index contributed by atoms with van der Waals surface area (Å²) in [4.78, 5) is 23.3. The molecule has 0 unspecified atom stereocenters. The molecule has 1 aromatic carbocycles. The summed E-state index contributed by atoms with van der Waals surface area (Å²) in [5, 5.41) is 10.1. The van der Waals surface area contributed by atoms with Crippen LogP contribution >= 0.6 is 7.60 Å². The third-order valence-corrected chi connectivity index (χ3v) is 5.91. The van der Waals surface area contributed by atoms with Gasteiger partial charge in [0.15, 0.2) is 5.66 Å². The van der Waals surface area contributed by atoms with Crippen LogP contribution in [0, 0.1) is 0 Å². The minimum Gasteiger partial charge on any atom is -0.481 e. The highest BCUT2D eigenvalue weighted by Gasteiger charge is 2.40. The fourth-order valence-corrected chi connectivity index (χ4v) is 3.89. The van der Waals surface area contributed by atoms with Crippen LogP contribution in [0.3, 0.4) is 0 Å². The first-order valence-corrected chi connectivity index (χ1v) is 8.49. The van der Waals surface area contributed by atoms with Gasteiger partial charge in [0.1, 0.15) is 0 Å². The third kappa shape index (κ3) is 3.22. The molecule has 0 bridgehead atoms. The van der Waals surface area contributed by atoms with Crippen LogP contribution in [0.15, 0.2) is 30.5 Å². The predicted molar refractivity (Wildman–Crippen MR) is 85.0 cm³/mol. The largest absolute Gasteiger partial charge is 0.481 e. The first-order chi connectivity index (χ1) is 10.8. The molecule has 2 aromatic rings. The van der Waals surface area contributed by atoms with Crippen LogP contribution in [0.2, 0.25) is 0 Å². The molecular formula is C15H18NO6P. The molecule has 7 nitrogen and oxygen atoms in total. The molecule has 1 atom stereocenters. The van der Waals surface area contributed by atoms with Crippen LogP contribution in [-0.4, -0.2) is 41.4 Å². The van der Waals surface area contributed by atoms with Crippen molar-refractivity contribution in [3.05, 3.63) is 36.0 Å². The summed E-state index contributed by atoms with van der Waals surface area (Å²) in [6, 6.07) is 7.13. The average molecular weight is 339 g/mol. The quantitative estimate of drug-likeness (QED) is 0.813. The molecule has 0 saturated carbocycles. The van der Waals surface area contributed by atoms with Gasteiger partial charge in [-0.05, 0) is 18.1 Å². The molecule has 0 fully saturated rings. The average Bonchev–Trinajstić information content (AvgIpc) is 2.90. The number of aromatic nitrogens is 1. The van der Waals surface area contributed by atoms with Crippen LogP contribution in [0.5, 0.6) is 0 Å². The van der Waals surface area contributed by atoms with E-state index in [0.717, 1.165) is 19.6 Å². The predicted octanol–water partition coefficient (Wildman–Crippen LogP) is 2.78. The zero-order chi connectivity index (χ0) is 17.2. The second kappa shape index (κ2) is 6.66. The van der Waals surface area contributed by atoms with Crippen LogP contribution < -0.4 is 0 Å². The lowest BCUT2D eigenvalue weighted by atomic mass is 10.1. The second-order valence-corrected chi connectivity index (χ2v) is 7.46. The maximum atomic E-state index is 12.5. The van der Waals surface area contributed by atoms with E-state index in [1.807, 2.05) is 0 Å². The molecule has 0 saturated heterocycles. The number of para-hydroxylation sites is 1. The Balaban J connectivity index is 2.54. The summed E-state index contributed by atoms with van der Waals surface area (Å²) in [6.07, 6.45) is 1.49. The van der Waals surface area contributed by atoms with E-state index in [1.165, 1.54) is 11.5 Å². The minimum atomic E-state index is -3.80. The number of aliphatic carboxylic acids is 1. The van der Waals surface area contributed by atoms with Crippen molar-refractivity contribution in [2.45, 2.75) is 19.0 Å². The van der Waals surface area contributed by atoms with Crippen molar-refractivity contribution >= 4 is 30.4 Å². The lowest BCUT2D eigenvalue weighted by Gasteiger charge is -2.20. The summed E-state index contributed by atoms with van der Waals surface area (Å²) in [5.74, 6) is -1.47. The fourth-order valence-electron chi connectivity index (χ4n) is 2.55. The van der Waals surface area contributed by atoms with Gasteiger partial charge in [0.2, 0.25) is 5.91 Å². The van der Waals surface area contributed by atoms with Gasteiger partial charge in [0, 0.05) is 32.7 Å². The molecule has 0 aliphatic heterocycles. The molecule has 0 amide bonds. The normalized spacial score (nSPS) is 13.2. The van der Waals surface area contributed by atoms with Crippen LogP contribution in [0.4, 0.5) is 0 Å². The maximum absolute atomic E-state index is 12.5. The highest BCUT2D eigenvalue weighted by molar-refractivity contribution is 7.55. The van der Waals surface area contributed by atoms with E-state index in [4.69, 9.17) is 9.05 Å². The number of carboxylic acid groups (broad SMARTS) is 1. The van der Waals surface area contributed by atoms with Crippen molar-refractivity contribution in [1.29, 1.82) is 0 Å². The molecule has 0 aliphatic rings. The number of hydrogen-bond donors (Lipinski definition) is 1. The number of fused-ring (bicyclic) bond motifs is 1. The molecular weight excluding hydrogens is 321 g/mol. The Morgan fingerprint density at radius 2 is 1.87 bits per heavy atom. The fraction of sp³-hybridized carbons (Fsp3) is 0.333. The standard InChI is InChI=1S/C15H18NO6P/c1-10(17)16-9-11(12-6-4-5-7-13(12)16)8-14(15(18)19)23(20,21-2)22-3/h4-7,9,14H,8H2,1-3H3,(H,18,19)/t14-/m1/s1. The lowest BCUT2D eigenvalue weighted by Crippen LogP contribution is -2.24. The van der Waals surface area contributed by atoms with Crippen molar-refractivity contribution in [3.8, 4) is 0 Å². The Labute approximate surface area is 133 Å². The van der Waals surface area contributed by atoms with Gasteiger partial charge in [-0.25, -0.2) is 0 Å². The van der Waals surface area contributed by atoms with Crippen molar-refractivity contribution in [1.82, 2.24) is 4.57 Å². The van der Waals surface area contributed by atoms with E-state index in [1.54, 1.807) is 30.5 Å². The summed E-state index contributed by atoms with van der Waals surface area (Å²) >= 11 is 0. The molecule has 0 radical (unpaired) electrons. The summed E-state index contributed by atoms with van der Waals surface area (Å²) in [7, 11) is -1.50. The molecule has 1 heterocycles. The SMILES string of the molecule is COP(=O)(OC)[C@H](Cc1cn(C(C)=O)c2ccccc12)C(=O)O. The van der Waals surface area contributed by atoms with Crippen LogP contribution in [-0.2, 0) is 24.8 Å². The molecule has 8 heteroatoms. The summed E-state index contributed by atoms with van der Waals surface area (Å²) in [6.45, 7) is 1.42. The van der Waals surface area contributed by atoms with E-state index in [2.05, 4.69) is 0 Å². The van der Waals surface area contributed by atoms with Gasteiger partial charge in [0.05, 0.1) is 5.52 Å². The number of carboxylic acids is 1. The number of benzene rings is 1. The van der Waals surface area contributed by atoms with Gasteiger partial charge in [-0.3, -0.25) is 18.7 Å². The smallest absolute Gasteiger partial charge is 0.344 e. The number of carbonyl (C=O) groups is 2. The highest BCUT2D eigenvalue weighted by Crippen LogP contribution is 2.53. The van der Waals surface area contributed by atoms with Crippen molar-refractivity contribution in [2.75, 3.05) is 14.2 Å². The first-order valence-electron chi connectivity index (χ1n) is 6.88. The third-order valence-electron chi connectivity index (χ3n) is 3.72. The zero-order valence-electron chi connectivity index (χ0n) is 13.1. The number of hydrogen-bond acceptors (Lipinski definition) is 5. The summed E-state index contributed by atoms with van der Waals surface area (Å²) in [5.41, 5.74) is -0.0926. The first kappa shape index (κ1) is 17.4. The lowest BCUT2D eigenvalue weighted by molar-refractivity contribution is -0.136. The molecule has 23 heavy (non-hydrogen) atoms. The molecule has 0 aliphatic carbocycles. The van der Waals surface area contributed by atoms with Gasteiger partial charge in [-0.2, -0.15) is 0 Å². The van der Waals surface area contributed by atoms with Crippen molar-refractivity contribution < 1.29 is 28.3 Å². The second-order valence-electron chi connectivity index (χ2n) is 5.02. The van der Waals surface area contributed by atoms with Gasteiger partial charge in [0.25, 0.3) is 0 Å². The van der Waals surface area contributed by atoms with E-state index in [-0.39, 0.29) is 12.3 Å². The van der Waals surface area contributed by atoms with Crippen LogP contribution in [0.1, 0.15) is 17.3 Å². The Morgan fingerprint density at radius 3 is 2.39 bits per heavy atom. The van der Waals surface area contributed by atoms with Crippen molar-refractivity contribution in [2.24, 2.45) is 0 Å².